The third kappa shape index (κ3) is 20.7. The third-order valence-electron chi connectivity index (χ3n) is 7.49. The standard InChI is InChI=1S/C32H59O2PS2/c1-3-5-7-9-11-13-15-17-19-21-23-26-30-28-25-29-31(32(30)37-35(33,34)36)27-24-22-20-18-16-14-12-10-8-6-4-2/h25,28-29H,3-24,26-27H2,1-2H3,(H2,33,34,36). The molecule has 1 aromatic rings. The van der Waals surface area contributed by atoms with E-state index >= 15 is 0 Å². The normalized spacial score (nSPS) is 11.9. The summed E-state index contributed by atoms with van der Waals surface area (Å²) >= 11 is 6.18. The Balaban J connectivity index is 2.33. The molecule has 216 valence electrons. The molecule has 0 atom stereocenters. The van der Waals surface area contributed by atoms with Gasteiger partial charge in [0.15, 0.2) is 0 Å². The van der Waals surface area contributed by atoms with Gasteiger partial charge in [0, 0.05) is 4.90 Å². The van der Waals surface area contributed by atoms with Crippen molar-refractivity contribution >= 4 is 28.9 Å². The maximum atomic E-state index is 10.1. The SMILES string of the molecule is CCCCCCCCCCCCCc1cccc(CCCCCCCCCCCCC)c1SP(O)(O)=S. The Morgan fingerprint density at radius 1 is 0.541 bits per heavy atom. The summed E-state index contributed by atoms with van der Waals surface area (Å²) in [4.78, 5) is 21.2. The lowest BCUT2D eigenvalue weighted by Crippen LogP contribution is -1.96. The molecule has 0 bridgehead atoms. The molecule has 2 N–H and O–H groups in total. The largest absolute Gasteiger partial charge is 0.337 e. The molecule has 1 rings (SSSR count). The smallest absolute Gasteiger partial charge is 0.246 e. The Kier molecular flexibility index (Phi) is 22.8. The quantitative estimate of drug-likeness (QED) is 0.0858. The van der Waals surface area contributed by atoms with Gasteiger partial charge >= 0.3 is 0 Å². The predicted octanol–water partition coefficient (Wildman–Crippen LogP) is 11.7. The van der Waals surface area contributed by atoms with E-state index in [0.29, 0.717) is 0 Å². The highest BCUT2D eigenvalue weighted by Gasteiger charge is 2.17. The van der Waals surface area contributed by atoms with Gasteiger partial charge in [0.05, 0.1) is 0 Å². The van der Waals surface area contributed by atoms with Crippen molar-refractivity contribution in [3.63, 3.8) is 0 Å². The molecule has 0 saturated carbocycles. The molecule has 0 heterocycles. The second-order valence-corrected chi connectivity index (χ2v) is 16.9. The predicted molar refractivity (Wildman–Crippen MR) is 171 cm³/mol. The topological polar surface area (TPSA) is 40.5 Å². The van der Waals surface area contributed by atoms with E-state index in [-0.39, 0.29) is 0 Å². The van der Waals surface area contributed by atoms with Crippen molar-refractivity contribution in [2.24, 2.45) is 0 Å². The summed E-state index contributed by atoms with van der Waals surface area (Å²) in [7, 11) is 0. The Morgan fingerprint density at radius 2 is 0.838 bits per heavy atom. The summed E-state index contributed by atoms with van der Waals surface area (Å²) in [6.45, 7) is 4.56. The van der Waals surface area contributed by atoms with Gasteiger partial charge in [-0.1, -0.05) is 160 Å². The first-order valence-electron chi connectivity index (χ1n) is 15.8. The summed E-state index contributed by atoms with van der Waals surface area (Å²) < 4.78 is 0. The van der Waals surface area contributed by atoms with Crippen molar-refractivity contribution in [3.8, 4) is 0 Å². The van der Waals surface area contributed by atoms with Gasteiger partial charge in [-0.2, -0.15) is 0 Å². The number of aryl methyl sites for hydroxylation is 2. The van der Waals surface area contributed by atoms with E-state index in [1.54, 1.807) is 0 Å². The molecule has 0 radical (unpaired) electrons. The van der Waals surface area contributed by atoms with Crippen LogP contribution in [0.1, 0.15) is 166 Å². The minimum atomic E-state index is -3.33. The fourth-order valence-corrected chi connectivity index (χ4v) is 8.13. The molecule has 0 saturated heterocycles. The minimum absolute atomic E-state index is 1.01. The Labute approximate surface area is 240 Å². The van der Waals surface area contributed by atoms with Crippen molar-refractivity contribution < 1.29 is 9.79 Å². The summed E-state index contributed by atoms with van der Waals surface area (Å²) in [5.74, 6) is 0. The molecule has 0 amide bonds. The van der Waals surface area contributed by atoms with E-state index < -0.39 is 5.69 Å². The Morgan fingerprint density at radius 3 is 1.14 bits per heavy atom. The molecule has 0 fully saturated rings. The van der Waals surface area contributed by atoms with Crippen LogP contribution in [0.5, 0.6) is 0 Å². The molecule has 0 spiro atoms. The molecular formula is C32H59O2PS2. The lowest BCUT2D eigenvalue weighted by Gasteiger charge is -2.16. The second kappa shape index (κ2) is 24.0. The zero-order valence-electron chi connectivity index (χ0n) is 24.4. The zero-order chi connectivity index (χ0) is 27.0. The van der Waals surface area contributed by atoms with Crippen molar-refractivity contribution in [2.45, 2.75) is 173 Å². The monoisotopic (exact) mass is 570 g/mol. The average Bonchev–Trinajstić information content (AvgIpc) is 2.86. The van der Waals surface area contributed by atoms with Crippen LogP contribution >= 0.6 is 17.1 Å². The molecule has 2 nitrogen and oxygen atoms in total. The number of hydrogen-bond donors (Lipinski definition) is 2. The molecule has 1 aromatic carbocycles. The summed E-state index contributed by atoms with van der Waals surface area (Å²) in [6.07, 6.45) is 31.6. The minimum Gasteiger partial charge on any atom is -0.337 e. The van der Waals surface area contributed by atoms with Crippen LogP contribution in [0.15, 0.2) is 23.1 Å². The van der Waals surface area contributed by atoms with Gasteiger partial charge in [0.25, 0.3) is 0 Å². The maximum absolute atomic E-state index is 10.1. The number of hydrogen-bond acceptors (Lipinski definition) is 2. The first-order valence-corrected chi connectivity index (χ1v) is 20.0. The summed E-state index contributed by atoms with van der Waals surface area (Å²) in [5.41, 5.74) is -0.802. The van der Waals surface area contributed by atoms with Crippen molar-refractivity contribution in [3.05, 3.63) is 29.3 Å². The molecule has 0 unspecified atom stereocenters. The first-order chi connectivity index (χ1) is 18.0. The maximum Gasteiger partial charge on any atom is 0.246 e. The van der Waals surface area contributed by atoms with Gasteiger partial charge in [0.2, 0.25) is 5.69 Å². The highest BCUT2D eigenvalue weighted by Crippen LogP contribution is 2.56. The van der Waals surface area contributed by atoms with Gasteiger partial charge < -0.3 is 9.79 Å². The number of benzene rings is 1. The van der Waals surface area contributed by atoms with Crippen LogP contribution in [0.2, 0.25) is 0 Å². The molecule has 0 aliphatic carbocycles. The van der Waals surface area contributed by atoms with Crippen LogP contribution in [0.4, 0.5) is 0 Å². The van der Waals surface area contributed by atoms with Gasteiger partial charge in [-0.15, -0.1) is 0 Å². The fraction of sp³-hybridized carbons (Fsp3) is 0.812. The molecule has 0 aromatic heterocycles. The van der Waals surface area contributed by atoms with E-state index in [9.17, 15) is 9.79 Å². The molecular weight excluding hydrogens is 511 g/mol. The number of rotatable bonds is 26. The van der Waals surface area contributed by atoms with Crippen LogP contribution in [0.25, 0.3) is 0 Å². The van der Waals surface area contributed by atoms with Gasteiger partial charge in [-0.25, -0.2) is 0 Å². The van der Waals surface area contributed by atoms with Crippen LogP contribution in [-0.4, -0.2) is 9.79 Å². The van der Waals surface area contributed by atoms with Crippen LogP contribution in [0, 0.1) is 0 Å². The van der Waals surface area contributed by atoms with Crippen LogP contribution < -0.4 is 0 Å². The number of unbranched alkanes of at least 4 members (excludes halogenated alkanes) is 20. The van der Waals surface area contributed by atoms with Gasteiger partial charge in [-0.05, 0) is 60.0 Å². The highest BCUT2D eigenvalue weighted by atomic mass is 32.9. The average molecular weight is 571 g/mol. The molecule has 37 heavy (non-hydrogen) atoms. The third-order valence-corrected chi connectivity index (χ3v) is 10.4. The lowest BCUT2D eigenvalue weighted by molar-refractivity contribution is 0.502. The van der Waals surface area contributed by atoms with Crippen molar-refractivity contribution in [1.82, 2.24) is 0 Å². The molecule has 0 aliphatic rings. The zero-order valence-corrected chi connectivity index (χ0v) is 26.9. The van der Waals surface area contributed by atoms with Crippen LogP contribution in [-0.2, 0) is 24.6 Å². The Bertz CT molecular complexity index is 660. The second-order valence-electron chi connectivity index (χ2n) is 11.1. The van der Waals surface area contributed by atoms with Gasteiger partial charge in [0.1, 0.15) is 0 Å². The van der Waals surface area contributed by atoms with E-state index in [0.717, 1.165) is 29.1 Å². The molecule has 5 heteroatoms. The van der Waals surface area contributed by atoms with E-state index in [4.69, 9.17) is 11.8 Å². The van der Waals surface area contributed by atoms with Crippen molar-refractivity contribution in [2.75, 3.05) is 0 Å². The van der Waals surface area contributed by atoms with Crippen LogP contribution in [0.3, 0.4) is 0 Å². The Hall–Kier alpha value is 0.140. The first kappa shape index (κ1) is 35.2. The molecule has 0 aliphatic heterocycles. The lowest BCUT2D eigenvalue weighted by atomic mass is 9.99. The van der Waals surface area contributed by atoms with E-state index in [1.165, 1.54) is 152 Å². The summed E-state index contributed by atoms with van der Waals surface area (Å²) in [6, 6.07) is 6.51. The summed E-state index contributed by atoms with van der Waals surface area (Å²) in [5, 5.41) is 0. The van der Waals surface area contributed by atoms with Crippen molar-refractivity contribution in [1.29, 1.82) is 0 Å². The van der Waals surface area contributed by atoms with Gasteiger partial charge in [-0.3, -0.25) is 0 Å². The highest BCUT2D eigenvalue weighted by molar-refractivity contribution is 8.67. The fourth-order valence-electron chi connectivity index (χ4n) is 5.23. The van der Waals surface area contributed by atoms with E-state index in [2.05, 4.69) is 32.0 Å². The van der Waals surface area contributed by atoms with E-state index in [1.807, 2.05) is 0 Å².